The summed E-state index contributed by atoms with van der Waals surface area (Å²) in [7, 11) is 0. The molecule has 0 fully saturated rings. The lowest BCUT2D eigenvalue weighted by Crippen LogP contribution is -2.28. The molecule has 0 spiro atoms. The predicted octanol–water partition coefficient (Wildman–Crippen LogP) is 5.54. The zero-order valence-electron chi connectivity index (χ0n) is 18.6. The maximum atomic E-state index is 12.5. The first-order valence-electron chi connectivity index (χ1n) is 10.5. The number of fused-ring (bicyclic) bond motifs is 1. The highest BCUT2D eigenvalue weighted by Gasteiger charge is 2.33. The van der Waals surface area contributed by atoms with Crippen molar-refractivity contribution in [1.82, 2.24) is 4.57 Å². The van der Waals surface area contributed by atoms with Crippen molar-refractivity contribution in [3.63, 3.8) is 0 Å². The Hall–Kier alpha value is -3.74. The van der Waals surface area contributed by atoms with Crippen LogP contribution in [0.2, 0.25) is 0 Å². The lowest BCUT2D eigenvalue weighted by molar-refractivity contribution is -0.384. The number of carbonyl (C=O) groups excluding carboxylic acids is 1. The van der Waals surface area contributed by atoms with Crippen LogP contribution in [0.4, 0.5) is 5.69 Å². The topological polar surface area (TPSA) is 86.7 Å². The van der Waals surface area contributed by atoms with Crippen LogP contribution in [0.15, 0.2) is 59.8 Å². The molecule has 1 aliphatic rings. The van der Waals surface area contributed by atoms with E-state index < -0.39 is 10.9 Å². The Labute approximate surface area is 186 Å². The third-order valence-electron chi connectivity index (χ3n) is 5.71. The van der Waals surface area contributed by atoms with E-state index in [2.05, 4.69) is 67.7 Å². The Morgan fingerprint density at radius 2 is 1.81 bits per heavy atom. The van der Waals surface area contributed by atoms with Crippen molar-refractivity contribution in [1.29, 1.82) is 0 Å². The minimum absolute atomic E-state index is 0.0724. The molecule has 1 aliphatic carbocycles. The van der Waals surface area contributed by atoms with E-state index in [0.717, 1.165) is 29.1 Å². The first kappa shape index (κ1) is 21.5. The SMILES string of the molecule is Cc1ccc(-n2c(C)cc3c2CC(C)(C)C/C3=N\OC(=O)c2cccc([N+](=O)[O-])c2)cc1. The van der Waals surface area contributed by atoms with Crippen LogP contribution in [0.3, 0.4) is 0 Å². The molecule has 1 aromatic heterocycles. The van der Waals surface area contributed by atoms with Crippen LogP contribution in [0.25, 0.3) is 5.69 Å². The highest BCUT2D eigenvalue weighted by atomic mass is 16.7. The number of aryl methyl sites for hydroxylation is 2. The molecule has 164 valence electrons. The van der Waals surface area contributed by atoms with E-state index in [1.165, 1.54) is 29.8 Å². The summed E-state index contributed by atoms with van der Waals surface area (Å²) < 4.78 is 2.23. The number of hydrogen-bond acceptors (Lipinski definition) is 5. The maximum absolute atomic E-state index is 12.5. The van der Waals surface area contributed by atoms with E-state index in [-0.39, 0.29) is 16.7 Å². The summed E-state index contributed by atoms with van der Waals surface area (Å²) in [4.78, 5) is 28.2. The number of non-ortho nitro benzene ring substituents is 1. The van der Waals surface area contributed by atoms with Crippen molar-refractivity contribution in [2.24, 2.45) is 10.6 Å². The number of benzene rings is 2. The van der Waals surface area contributed by atoms with Crippen molar-refractivity contribution in [2.75, 3.05) is 0 Å². The summed E-state index contributed by atoms with van der Waals surface area (Å²) in [5, 5.41) is 15.2. The molecule has 32 heavy (non-hydrogen) atoms. The minimum Gasteiger partial charge on any atom is -0.318 e. The van der Waals surface area contributed by atoms with Crippen LogP contribution in [0.5, 0.6) is 0 Å². The molecule has 0 saturated carbocycles. The van der Waals surface area contributed by atoms with E-state index in [1.807, 2.05) is 0 Å². The zero-order chi connectivity index (χ0) is 23.0. The van der Waals surface area contributed by atoms with Crippen LogP contribution in [0.1, 0.15) is 53.1 Å². The summed E-state index contributed by atoms with van der Waals surface area (Å²) >= 11 is 0. The van der Waals surface area contributed by atoms with Gasteiger partial charge in [0.05, 0.1) is 16.2 Å². The van der Waals surface area contributed by atoms with Gasteiger partial charge in [-0.15, -0.1) is 0 Å². The third kappa shape index (κ3) is 4.19. The predicted molar refractivity (Wildman–Crippen MR) is 122 cm³/mol. The largest absolute Gasteiger partial charge is 0.365 e. The smallest absolute Gasteiger partial charge is 0.318 e. The third-order valence-corrected chi connectivity index (χ3v) is 5.71. The van der Waals surface area contributed by atoms with Crippen LogP contribution in [0, 0.1) is 29.4 Å². The molecule has 0 radical (unpaired) electrons. The van der Waals surface area contributed by atoms with Crippen molar-refractivity contribution in [3.8, 4) is 5.69 Å². The Morgan fingerprint density at radius 3 is 2.50 bits per heavy atom. The molecule has 3 aromatic rings. The first-order valence-corrected chi connectivity index (χ1v) is 10.5. The molecule has 0 unspecified atom stereocenters. The molecular formula is C25H25N3O4. The summed E-state index contributed by atoms with van der Waals surface area (Å²) in [6.07, 6.45) is 1.52. The number of nitro groups is 1. The Balaban J connectivity index is 1.69. The quantitative estimate of drug-likeness (QED) is 0.308. The fourth-order valence-electron chi connectivity index (χ4n) is 4.21. The molecule has 0 atom stereocenters. The van der Waals surface area contributed by atoms with E-state index in [1.54, 1.807) is 0 Å². The van der Waals surface area contributed by atoms with Crippen LogP contribution in [-0.2, 0) is 11.3 Å². The molecule has 0 bridgehead atoms. The molecule has 0 N–H and O–H groups in total. The van der Waals surface area contributed by atoms with Crippen LogP contribution < -0.4 is 0 Å². The second-order valence-corrected chi connectivity index (χ2v) is 9.06. The lowest BCUT2D eigenvalue weighted by Gasteiger charge is -2.31. The van der Waals surface area contributed by atoms with E-state index >= 15 is 0 Å². The van der Waals surface area contributed by atoms with E-state index in [0.29, 0.717) is 12.1 Å². The second kappa shape index (κ2) is 8.07. The standard InChI is InChI=1S/C25H25N3O4/c1-16-8-10-19(11-9-16)27-17(2)12-21-22(14-25(3,4)15-23(21)27)26-32-24(29)18-6-5-7-20(13-18)28(30)31/h5-13H,14-15H2,1-4H3/b26-22+. The molecule has 0 saturated heterocycles. The molecule has 4 rings (SSSR count). The Bertz CT molecular complexity index is 1240. The number of oxime groups is 1. The van der Waals surface area contributed by atoms with Gasteiger partial charge in [-0.25, -0.2) is 4.79 Å². The van der Waals surface area contributed by atoms with Gasteiger partial charge in [0.2, 0.25) is 0 Å². The summed E-state index contributed by atoms with van der Waals surface area (Å²) in [5.41, 5.74) is 6.01. The molecule has 7 heteroatoms. The number of nitro benzene ring substituents is 1. The highest BCUT2D eigenvalue weighted by molar-refractivity contribution is 6.03. The number of nitrogens with zero attached hydrogens (tertiary/aromatic N) is 3. The fraction of sp³-hybridized carbons (Fsp3) is 0.280. The highest BCUT2D eigenvalue weighted by Crippen LogP contribution is 2.38. The summed E-state index contributed by atoms with van der Waals surface area (Å²) in [6, 6.07) is 15.9. The summed E-state index contributed by atoms with van der Waals surface area (Å²) in [5.74, 6) is -0.721. The zero-order valence-corrected chi connectivity index (χ0v) is 18.6. The molecule has 1 heterocycles. The van der Waals surface area contributed by atoms with Gasteiger partial charge in [-0.1, -0.05) is 42.8 Å². The Kier molecular flexibility index (Phi) is 5.42. The molecule has 2 aromatic carbocycles. The summed E-state index contributed by atoms with van der Waals surface area (Å²) in [6.45, 7) is 8.44. The van der Waals surface area contributed by atoms with Gasteiger partial charge in [0.25, 0.3) is 5.69 Å². The van der Waals surface area contributed by atoms with Gasteiger partial charge in [0, 0.05) is 34.8 Å². The van der Waals surface area contributed by atoms with Gasteiger partial charge in [-0.05, 0) is 56.4 Å². The van der Waals surface area contributed by atoms with Gasteiger partial charge < -0.3 is 9.40 Å². The number of aromatic nitrogens is 1. The number of rotatable bonds is 4. The average molecular weight is 431 g/mol. The molecule has 0 amide bonds. The van der Waals surface area contributed by atoms with Crippen LogP contribution >= 0.6 is 0 Å². The lowest BCUT2D eigenvalue weighted by atomic mass is 9.76. The monoisotopic (exact) mass is 431 g/mol. The first-order chi connectivity index (χ1) is 15.1. The average Bonchev–Trinajstić information content (AvgIpc) is 3.07. The number of hydrogen-bond donors (Lipinski definition) is 0. The maximum Gasteiger partial charge on any atom is 0.365 e. The van der Waals surface area contributed by atoms with Gasteiger partial charge in [-0.3, -0.25) is 10.1 Å². The molecule has 0 aliphatic heterocycles. The van der Waals surface area contributed by atoms with Crippen molar-refractivity contribution in [2.45, 2.75) is 40.5 Å². The fourth-order valence-corrected chi connectivity index (χ4v) is 4.21. The van der Waals surface area contributed by atoms with Gasteiger partial charge >= 0.3 is 5.97 Å². The van der Waals surface area contributed by atoms with Gasteiger partial charge in [-0.2, -0.15) is 0 Å². The van der Waals surface area contributed by atoms with E-state index in [9.17, 15) is 14.9 Å². The normalized spacial score (nSPS) is 15.9. The Morgan fingerprint density at radius 1 is 1.09 bits per heavy atom. The molecule has 7 nitrogen and oxygen atoms in total. The van der Waals surface area contributed by atoms with Crippen molar-refractivity contribution < 1.29 is 14.6 Å². The van der Waals surface area contributed by atoms with Crippen molar-refractivity contribution in [3.05, 3.63) is 92.8 Å². The minimum atomic E-state index is -0.721. The van der Waals surface area contributed by atoms with Gasteiger partial charge in [0.1, 0.15) is 0 Å². The second-order valence-electron chi connectivity index (χ2n) is 9.06. The van der Waals surface area contributed by atoms with Gasteiger partial charge in [0.15, 0.2) is 0 Å². The van der Waals surface area contributed by atoms with Crippen LogP contribution in [-0.4, -0.2) is 21.2 Å². The number of carbonyl (C=O) groups is 1. The van der Waals surface area contributed by atoms with E-state index in [4.69, 9.17) is 4.84 Å². The molecular weight excluding hydrogens is 406 g/mol. The van der Waals surface area contributed by atoms with Crippen molar-refractivity contribution >= 4 is 17.4 Å².